The lowest BCUT2D eigenvalue weighted by Gasteiger charge is -2.44. The summed E-state index contributed by atoms with van der Waals surface area (Å²) < 4.78 is 27.3. The van der Waals surface area contributed by atoms with Crippen LogP contribution in [0, 0.1) is 17.2 Å². The van der Waals surface area contributed by atoms with E-state index in [2.05, 4.69) is 6.07 Å². The zero-order valence-corrected chi connectivity index (χ0v) is 26.1. The maximum atomic E-state index is 11.8. The molecule has 1 aliphatic heterocycles. The predicted octanol–water partition coefficient (Wildman–Crippen LogP) is 2.36. The van der Waals surface area contributed by atoms with Gasteiger partial charge in [-0.05, 0) is 60.6 Å². The van der Waals surface area contributed by atoms with Gasteiger partial charge in [-0.15, -0.1) is 0 Å². The van der Waals surface area contributed by atoms with Gasteiger partial charge < -0.3 is 44.1 Å². The molecule has 6 atom stereocenters. The Labute approximate surface area is 258 Å². The minimum absolute atomic E-state index is 0.0873. The molecule has 0 bridgehead atoms. The number of aliphatic carboxylic acids is 1. The second kappa shape index (κ2) is 15.4. The number of ether oxygens (including phenoxy) is 5. The Kier molecular flexibility index (Phi) is 12.2. The lowest BCUT2D eigenvalue weighted by Crippen LogP contribution is -2.64. The third-order valence-electron chi connectivity index (χ3n) is 8.43. The monoisotopic (exact) mass is 616 g/mol. The molecule has 2 aromatic rings. The van der Waals surface area contributed by atoms with Gasteiger partial charge in [-0.2, -0.15) is 5.26 Å². The van der Waals surface area contributed by atoms with Crippen LogP contribution in [0.1, 0.15) is 37.8 Å². The van der Waals surface area contributed by atoms with Crippen molar-refractivity contribution in [3.05, 3.63) is 47.5 Å². The van der Waals surface area contributed by atoms with Gasteiger partial charge in [-0.3, -0.25) is 4.90 Å². The van der Waals surface area contributed by atoms with Gasteiger partial charge in [0.05, 0.1) is 39.9 Å². The largest absolute Gasteiger partial charge is 0.493 e. The van der Waals surface area contributed by atoms with Crippen molar-refractivity contribution in [3.63, 3.8) is 0 Å². The van der Waals surface area contributed by atoms with E-state index < -0.39 is 42.0 Å². The standard InChI is InChI=1S/C32H44N2O10/c1-19(2)32(18-33,21-9-11-23(41-4)25(17-21)43-6)13-7-14-34(15-12-20-8-10-22(40-3)24(16-20)42-5)30-28(37)26(35)27(36)29(44-30)31(38)39/h8-11,16-17,19,26-30,35-37H,7,12-15H2,1-6H3,(H,38,39)/t26-,27-,28+,29-,30?,32?/m0/s1. The molecule has 0 spiro atoms. The Morgan fingerprint density at radius 1 is 0.909 bits per heavy atom. The van der Waals surface area contributed by atoms with E-state index in [1.165, 1.54) is 14.2 Å². The predicted molar refractivity (Wildman–Crippen MR) is 160 cm³/mol. The highest BCUT2D eigenvalue weighted by molar-refractivity contribution is 5.73. The summed E-state index contributed by atoms with van der Waals surface area (Å²) in [7, 11) is 6.15. The van der Waals surface area contributed by atoms with Crippen LogP contribution in [0.5, 0.6) is 23.0 Å². The molecule has 1 fully saturated rings. The molecule has 2 unspecified atom stereocenters. The Bertz CT molecular complexity index is 1300. The summed E-state index contributed by atoms with van der Waals surface area (Å²) in [5, 5.41) is 51.8. The number of aliphatic hydroxyl groups is 3. The smallest absolute Gasteiger partial charge is 0.335 e. The molecule has 0 radical (unpaired) electrons. The molecule has 2 aromatic carbocycles. The molecule has 1 aliphatic rings. The second-order valence-electron chi connectivity index (χ2n) is 11.1. The van der Waals surface area contributed by atoms with Crippen molar-refractivity contribution in [1.82, 2.24) is 4.90 Å². The van der Waals surface area contributed by atoms with Crippen LogP contribution in [-0.4, -0.2) is 103 Å². The highest BCUT2D eigenvalue weighted by atomic mass is 16.6. The molecule has 0 aromatic heterocycles. The number of hydrogen-bond acceptors (Lipinski definition) is 11. The van der Waals surface area contributed by atoms with E-state index in [1.54, 1.807) is 37.3 Å². The molecule has 0 saturated carbocycles. The first-order valence-electron chi connectivity index (χ1n) is 14.5. The molecule has 12 nitrogen and oxygen atoms in total. The fourth-order valence-electron chi connectivity index (χ4n) is 5.73. The number of benzene rings is 2. The van der Waals surface area contributed by atoms with E-state index in [1.807, 2.05) is 32.0 Å². The number of carboxylic acids is 1. The lowest BCUT2D eigenvalue weighted by atomic mass is 9.69. The minimum atomic E-state index is -1.80. The Hall–Kier alpha value is -3.60. The minimum Gasteiger partial charge on any atom is -0.493 e. The van der Waals surface area contributed by atoms with Crippen LogP contribution >= 0.6 is 0 Å². The first-order chi connectivity index (χ1) is 21.0. The molecule has 12 heteroatoms. The van der Waals surface area contributed by atoms with E-state index in [0.29, 0.717) is 48.8 Å². The van der Waals surface area contributed by atoms with Crippen molar-refractivity contribution in [2.24, 2.45) is 5.92 Å². The molecule has 4 N–H and O–H groups in total. The third-order valence-corrected chi connectivity index (χ3v) is 8.43. The molecule has 0 aliphatic carbocycles. The average Bonchev–Trinajstić information content (AvgIpc) is 3.03. The first-order valence-corrected chi connectivity index (χ1v) is 14.5. The molecule has 0 amide bonds. The van der Waals surface area contributed by atoms with Gasteiger partial charge >= 0.3 is 5.97 Å². The van der Waals surface area contributed by atoms with Crippen LogP contribution in [0.15, 0.2) is 36.4 Å². The van der Waals surface area contributed by atoms with Gasteiger partial charge in [-0.1, -0.05) is 26.0 Å². The van der Waals surface area contributed by atoms with Gasteiger partial charge in [-0.25, -0.2) is 4.79 Å². The maximum absolute atomic E-state index is 11.8. The highest BCUT2D eigenvalue weighted by Crippen LogP contribution is 2.41. The van der Waals surface area contributed by atoms with E-state index in [0.717, 1.165) is 11.1 Å². The van der Waals surface area contributed by atoms with Crippen molar-refractivity contribution in [2.45, 2.75) is 69.2 Å². The van der Waals surface area contributed by atoms with Crippen LogP contribution in [-0.2, 0) is 21.4 Å². The number of aliphatic hydroxyl groups excluding tert-OH is 3. The van der Waals surface area contributed by atoms with Crippen LogP contribution in [0.4, 0.5) is 0 Å². The highest BCUT2D eigenvalue weighted by Gasteiger charge is 2.48. The van der Waals surface area contributed by atoms with Gasteiger partial charge in [0.25, 0.3) is 0 Å². The van der Waals surface area contributed by atoms with Gasteiger partial charge in [0.2, 0.25) is 0 Å². The summed E-state index contributed by atoms with van der Waals surface area (Å²) in [4.78, 5) is 13.6. The fraction of sp³-hybridized carbons (Fsp3) is 0.562. The van der Waals surface area contributed by atoms with Crippen molar-refractivity contribution in [2.75, 3.05) is 41.5 Å². The summed E-state index contributed by atoms with van der Waals surface area (Å²) in [6.07, 6.45) is -6.76. The summed E-state index contributed by atoms with van der Waals surface area (Å²) in [6, 6.07) is 13.4. The number of carboxylic acid groups (broad SMARTS) is 1. The van der Waals surface area contributed by atoms with E-state index in [4.69, 9.17) is 23.7 Å². The topological polar surface area (TPSA) is 171 Å². The van der Waals surface area contributed by atoms with E-state index in [9.17, 15) is 30.5 Å². The van der Waals surface area contributed by atoms with Gasteiger partial charge in [0.15, 0.2) is 29.1 Å². The number of rotatable bonds is 15. The number of nitrogens with zero attached hydrogens (tertiary/aromatic N) is 2. The second-order valence-corrected chi connectivity index (χ2v) is 11.1. The zero-order valence-electron chi connectivity index (χ0n) is 26.1. The fourth-order valence-corrected chi connectivity index (χ4v) is 5.73. The summed E-state index contributed by atoms with van der Waals surface area (Å²) in [5.74, 6) is 0.622. The van der Waals surface area contributed by atoms with E-state index >= 15 is 0 Å². The summed E-state index contributed by atoms with van der Waals surface area (Å²) in [5.41, 5.74) is 0.745. The van der Waals surface area contributed by atoms with E-state index in [-0.39, 0.29) is 12.5 Å². The van der Waals surface area contributed by atoms with Gasteiger partial charge in [0, 0.05) is 13.1 Å². The Balaban J connectivity index is 1.91. The number of methoxy groups -OCH3 is 4. The molecular formula is C32H44N2O10. The Morgan fingerprint density at radius 3 is 2.05 bits per heavy atom. The SMILES string of the molecule is COc1ccc(CCN(CCCC(C#N)(c2ccc(OC)c(OC)c2)C(C)C)C2O[C@H](C(=O)O)[C@@H](O)[C@H](O)[C@H]2O)cc1OC. The normalized spacial score (nSPS) is 23.1. The van der Waals surface area contributed by atoms with Crippen LogP contribution in [0.25, 0.3) is 0 Å². The third kappa shape index (κ3) is 7.36. The van der Waals surface area contributed by atoms with Crippen LogP contribution < -0.4 is 18.9 Å². The van der Waals surface area contributed by atoms with Crippen LogP contribution in [0.3, 0.4) is 0 Å². The number of hydrogen-bond donors (Lipinski definition) is 4. The van der Waals surface area contributed by atoms with Crippen molar-refractivity contribution in [1.29, 1.82) is 5.26 Å². The molecule has 3 rings (SSSR count). The Morgan fingerprint density at radius 2 is 1.50 bits per heavy atom. The molecular weight excluding hydrogens is 572 g/mol. The first kappa shape index (κ1) is 34.9. The molecule has 44 heavy (non-hydrogen) atoms. The van der Waals surface area contributed by atoms with Crippen molar-refractivity contribution < 1.29 is 48.9 Å². The molecule has 1 saturated heterocycles. The quantitative estimate of drug-likeness (QED) is 0.231. The van der Waals surface area contributed by atoms with Crippen molar-refractivity contribution >= 4 is 5.97 Å². The van der Waals surface area contributed by atoms with Gasteiger partial charge in [0.1, 0.15) is 24.5 Å². The summed E-state index contributed by atoms with van der Waals surface area (Å²) in [6.45, 7) is 4.52. The maximum Gasteiger partial charge on any atom is 0.335 e. The zero-order chi connectivity index (χ0) is 32.6. The number of nitriles is 1. The lowest BCUT2D eigenvalue weighted by molar-refractivity contribution is -0.259. The van der Waals surface area contributed by atoms with Crippen LogP contribution in [0.2, 0.25) is 0 Å². The van der Waals surface area contributed by atoms with Crippen molar-refractivity contribution in [3.8, 4) is 29.1 Å². The number of carbonyl (C=O) groups is 1. The molecule has 242 valence electrons. The average molecular weight is 617 g/mol. The summed E-state index contributed by atoms with van der Waals surface area (Å²) >= 11 is 0. The molecule has 1 heterocycles.